The van der Waals surface area contributed by atoms with E-state index in [9.17, 15) is 19.2 Å². The number of carbonyl (C=O) groups excluding carboxylic acids is 4. The van der Waals surface area contributed by atoms with Crippen LogP contribution in [-0.2, 0) is 57.1 Å². The number of unbranched alkanes of at least 4 members (excludes halogenated alkanes) is 33. The second-order valence-electron chi connectivity index (χ2n) is 22.5. The first-order valence-corrected chi connectivity index (χ1v) is 32.5. The summed E-state index contributed by atoms with van der Waals surface area (Å²) in [5, 5.41) is 0. The van der Waals surface area contributed by atoms with Gasteiger partial charge in [0.2, 0.25) is 0 Å². The molecule has 0 N–H and O–H groups in total. The average molecular weight is 1100 g/mol. The molecule has 0 aromatic heterocycles. The minimum Gasteiger partial charge on any atom is -0.466 e. The zero-order chi connectivity index (χ0) is 55.9. The molecule has 1 unspecified atom stereocenters. The van der Waals surface area contributed by atoms with E-state index >= 15 is 0 Å². The Kier molecular flexibility index (Phi) is 52.5. The van der Waals surface area contributed by atoms with Crippen LogP contribution in [0.1, 0.15) is 297 Å². The third kappa shape index (κ3) is 47.1. The number of rotatable bonds is 59. The minimum atomic E-state index is -0.621. The maximum Gasteiger partial charge on any atom is 0.307 e. The Morgan fingerprint density at radius 1 is 0.325 bits per heavy atom. The molecule has 0 spiro atoms. The standard InChI is InChI=1S/C64H121NO12/c1-6-9-12-15-27-36-45-58(66)70-50-39-30-21-18-24-33-42-53-73-62-57(56-76-61(69)48-49-65(4)5)77-64(75-55-44-35-26-20-23-32-41-52-72-60(68)47-38-29-17-14-11-8-3)63(62)74-54-43-34-25-19-22-31-40-51-71-59(67)46-37-28-16-13-10-7-2/h57,62-64H,6-56H2,1-5H3/t57-,62?,63+,64-/m1/s1. The highest BCUT2D eigenvalue weighted by atomic mass is 16.7. The Morgan fingerprint density at radius 2 is 0.610 bits per heavy atom. The van der Waals surface area contributed by atoms with Crippen molar-refractivity contribution in [2.75, 3.05) is 66.9 Å². The summed E-state index contributed by atoms with van der Waals surface area (Å²) in [6.45, 7) is 10.6. The molecule has 1 rings (SSSR count). The van der Waals surface area contributed by atoms with E-state index in [0.717, 1.165) is 173 Å². The lowest BCUT2D eigenvalue weighted by Gasteiger charge is -2.25. The van der Waals surface area contributed by atoms with Crippen LogP contribution in [0.15, 0.2) is 0 Å². The molecule has 1 fully saturated rings. The topological polar surface area (TPSA) is 145 Å². The molecule has 0 bridgehead atoms. The molecular formula is C64H121NO12. The van der Waals surface area contributed by atoms with Gasteiger partial charge in [-0.05, 0) is 71.9 Å². The molecule has 1 aliphatic heterocycles. The van der Waals surface area contributed by atoms with Crippen molar-refractivity contribution >= 4 is 23.9 Å². The first-order chi connectivity index (χ1) is 37.7. The molecule has 1 saturated heterocycles. The van der Waals surface area contributed by atoms with Gasteiger partial charge in [0, 0.05) is 45.6 Å². The van der Waals surface area contributed by atoms with E-state index in [4.69, 9.17) is 37.9 Å². The zero-order valence-corrected chi connectivity index (χ0v) is 50.7. The molecule has 0 aliphatic carbocycles. The highest BCUT2D eigenvalue weighted by Gasteiger charge is 2.47. The lowest BCUT2D eigenvalue weighted by Crippen LogP contribution is -2.40. The van der Waals surface area contributed by atoms with Gasteiger partial charge in [0.15, 0.2) is 6.29 Å². The van der Waals surface area contributed by atoms with Crippen molar-refractivity contribution in [3.05, 3.63) is 0 Å². The summed E-state index contributed by atoms with van der Waals surface area (Å²) >= 11 is 0. The second-order valence-corrected chi connectivity index (χ2v) is 22.5. The highest BCUT2D eigenvalue weighted by molar-refractivity contribution is 5.70. The molecule has 0 saturated carbocycles. The molecule has 1 heterocycles. The van der Waals surface area contributed by atoms with Crippen LogP contribution in [0.3, 0.4) is 0 Å². The Bertz CT molecular complexity index is 1330. The smallest absolute Gasteiger partial charge is 0.307 e. The van der Waals surface area contributed by atoms with Crippen molar-refractivity contribution in [1.29, 1.82) is 0 Å². The minimum absolute atomic E-state index is 0.0525. The van der Waals surface area contributed by atoms with Crippen molar-refractivity contribution in [2.24, 2.45) is 0 Å². The fourth-order valence-electron chi connectivity index (χ4n) is 9.73. The average Bonchev–Trinajstić information content (AvgIpc) is 3.76. The molecule has 13 nitrogen and oxygen atoms in total. The van der Waals surface area contributed by atoms with Gasteiger partial charge in [-0.3, -0.25) is 19.2 Å². The van der Waals surface area contributed by atoms with E-state index in [0.29, 0.717) is 71.9 Å². The Hall–Kier alpha value is -2.32. The zero-order valence-electron chi connectivity index (χ0n) is 50.7. The predicted octanol–water partition coefficient (Wildman–Crippen LogP) is 16.1. The lowest BCUT2D eigenvalue weighted by atomic mass is 10.1. The van der Waals surface area contributed by atoms with Gasteiger partial charge in [-0.1, -0.05) is 213 Å². The molecule has 0 amide bonds. The van der Waals surface area contributed by atoms with Crippen LogP contribution in [0.2, 0.25) is 0 Å². The maximum atomic E-state index is 12.8. The molecule has 4 atom stereocenters. The van der Waals surface area contributed by atoms with Gasteiger partial charge < -0.3 is 42.8 Å². The fourth-order valence-corrected chi connectivity index (χ4v) is 9.73. The van der Waals surface area contributed by atoms with E-state index in [2.05, 4.69) is 20.8 Å². The number of esters is 4. The Balaban J connectivity index is 2.62. The first kappa shape index (κ1) is 72.7. The molecule has 0 aromatic rings. The van der Waals surface area contributed by atoms with E-state index in [1.54, 1.807) is 0 Å². The molecule has 454 valence electrons. The largest absolute Gasteiger partial charge is 0.466 e. The molecule has 13 heteroatoms. The quantitative estimate of drug-likeness (QED) is 0.0324. The van der Waals surface area contributed by atoms with Crippen molar-refractivity contribution in [3.8, 4) is 0 Å². The predicted molar refractivity (Wildman–Crippen MR) is 312 cm³/mol. The fraction of sp³-hybridized carbons (Fsp3) is 0.938. The SMILES string of the molecule is CCCCCCCCC(=O)OCCCCCCCCCOC1[C@@H](COC(=O)CCN(C)C)O[C@@H](OCCCCCCCCCOC(=O)CCCCCCCC)[C@H]1OCCCCCCCCCOC(=O)CCCCCCCC. The number of ether oxygens (including phenoxy) is 8. The molecule has 77 heavy (non-hydrogen) atoms. The van der Waals surface area contributed by atoms with Crippen LogP contribution >= 0.6 is 0 Å². The van der Waals surface area contributed by atoms with E-state index in [-0.39, 0.29) is 30.5 Å². The summed E-state index contributed by atoms with van der Waals surface area (Å²) in [7, 11) is 3.88. The van der Waals surface area contributed by atoms with Crippen LogP contribution in [0.5, 0.6) is 0 Å². The number of nitrogens with zero attached hydrogens (tertiary/aromatic N) is 1. The van der Waals surface area contributed by atoms with Crippen LogP contribution < -0.4 is 0 Å². The number of carbonyl (C=O) groups is 4. The van der Waals surface area contributed by atoms with Crippen LogP contribution in [0, 0.1) is 0 Å². The van der Waals surface area contributed by atoms with Gasteiger partial charge >= 0.3 is 23.9 Å². The van der Waals surface area contributed by atoms with Crippen LogP contribution in [0.4, 0.5) is 0 Å². The molecule has 1 aliphatic rings. The number of hydrogen-bond donors (Lipinski definition) is 0. The maximum absolute atomic E-state index is 12.8. The monoisotopic (exact) mass is 1100 g/mol. The first-order valence-electron chi connectivity index (χ1n) is 32.5. The summed E-state index contributed by atoms with van der Waals surface area (Å²) in [5.41, 5.74) is 0. The van der Waals surface area contributed by atoms with Gasteiger partial charge in [-0.25, -0.2) is 0 Å². The van der Waals surface area contributed by atoms with Crippen molar-refractivity contribution in [3.63, 3.8) is 0 Å². The molecular weight excluding hydrogens is 975 g/mol. The highest BCUT2D eigenvalue weighted by Crippen LogP contribution is 2.30. The summed E-state index contributed by atoms with van der Waals surface area (Å²) < 4.78 is 48.5. The normalized spacial score (nSPS) is 16.3. The van der Waals surface area contributed by atoms with E-state index in [1.165, 1.54) is 77.0 Å². The summed E-state index contributed by atoms with van der Waals surface area (Å²) in [4.78, 5) is 51.0. The Morgan fingerprint density at radius 3 is 0.961 bits per heavy atom. The van der Waals surface area contributed by atoms with Gasteiger partial charge in [-0.15, -0.1) is 0 Å². The van der Waals surface area contributed by atoms with Crippen molar-refractivity contribution in [2.45, 2.75) is 321 Å². The van der Waals surface area contributed by atoms with Crippen molar-refractivity contribution < 1.29 is 57.1 Å². The second kappa shape index (κ2) is 55.6. The summed E-state index contributed by atoms with van der Waals surface area (Å²) in [6, 6.07) is 0. The summed E-state index contributed by atoms with van der Waals surface area (Å²) in [6.07, 6.45) is 43.0. The van der Waals surface area contributed by atoms with Gasteiger partial charge in [0.05, 0.1) is 26.2 Å². The third-order valence-electron chi connectivity index (χ3n) is 14.7. The molecule has 0 aromatic carbocycles. The van der Waals surface area contributed by atoms with Crippen LogP contribution in [-0.4, -0.2) is 120 Å². The lowest BCUT2D eigenvalue weighted by molar-refractivity contribution is -0.184. The van der Waals surface area contributed by atoms with E-state index < -0.39 is 24.6 Å². The van der Waals surface area contributed by atoms with Crippen LogP contribution in [0.25, 0.3) is 0 Å². The van der Waals surface area contributed by atoms with Gasteiger partial charge in [0.1, 0.15) is 24.9 Å². The van der Waals surface area contributed by atoms with Gasteiger partial charge in [-0.2, -0.15) is 0 Å². The van der Waals surface area contributed by atoms with Gasteiger partial charge in [0.25, 0.3) is 0 Å². The van der Waals surface area contributed by atoms with E-state index in [1.807, 2.05) is 19.0 Å². The van der Waals surface area contributed by atoms with Crippen molar-refractivity contribution in [1.82, 2.24) is 4.90 Å². The summed E-state index contributed by atoms with van der Waals surface area (Å²) in [5.74, 6) is -0.420. The number of hydrogen-bond acceptors (Lipinski definition) is 13. The molecule has 0 radical (unpaired) electrons. The third-order valence-corrected chi connectivity index (χ3v) is 14.7. The Labute approximate surface area is 472 Å².